The number of methoxy groups -OCH3 is 1. The monoisotopic (exact) mass is 418 g/mol. The van der Waals surface area contributed by atoms with Crippen LogP contribution in [0, 0.1) is 7.14 Å². The molecule has 0 aliphatic heterocycles. The molecule has 0 atom stereocenters. The van der Waals surface area contributed by atoms with Crippen molar-refractivity contribution in [1.82, 2.24) is 0 Å². The van der Waals surface area contributed by atoms with Gasteiger partial charge in [0.25, 0.3) is 0 Å². The number of carbonyl (C=O) groups is 1. The summed E-state index contributed by atoms with van der Waals surface area (Å²) in [7, 11) is 1.36. The summed E-state index contributed by atoms with van der Waals surface area (Å²) >= 11 is 4.06. The highest BCUT2D eigenvalue weighted by Gasteiger charge is 2.08. The molecule has 14 heavy (non-hydrogen) atoms. The fourth-order valence-electron chi connectivity index (χ4n) is 0.959. The summed E-state index contributed by atoms with van der Waals surface area (Å²) in [5.41, 5.74) is 0.850. The summed E-state index contributed by atoms with van der Waals surface area (Å²) in [6, 6.07) is 3.55. The van der Waals surface area contributed by atoms with Crippen LogP contribution >= 0.6 is 45.2 Å². The zero-order valence-corrected chi connectivity index (χ0v) is 11.7. The SMILES string of the molecule is COC(=O)Cc1cc(I)c(O)c(I)c1. The molecule has 0 unspecified atom stereocenters. The molecule has 0 saturated carbocycles. The minimum absolute atomic E-state index is 0.239. The normalized spacial score (nSPS) is 9.93. The third-order valence-electron chi connectivity index (χ3n) is 1.65. The molecule has 76 valence electrons. The minimum atomic E-state index is -0.276. The molecule has 1 N–H and O–H groups in total. The number of carbonyl (C=O) groups excluding carboxylic acids is 1. The van der Waals surface area contributed by atoms with Crippen molar-refractivity contribution < 1.29 is 14.6 Å². The third-order valence-corrected chi connectivity index (χ3v) is 3.30. The molecule has 0 fully saturated rings. The predicted octanol–water partition coefficient (Wildman–Crippen LogP) is 2.32. The van der Waals surface area contributed by atoms with Crippen LogP contribution in [0.2, 0.25) is 0 Å². The molecule has 0 bridgehead atoms. The van der Waals surface area contributed by atoms with E-state index in [2.05, 4.69) is 4.74 Å². The quantitative estimate of drug-likeness (QED) is 0.593. The van der Waals surface area contributed by atoms with Gasteiger partial charge >= 0.3 is 5.97 Å². The Hall–Kier alpha value is -0.0500. The maximum absolute atomic E-state index is 11.0. The number of hydrogen-bond acceptors (Lipinski definition) is 3. The van der Waals surface area contributed by atoms with Gasteiger partial charge in [-0.25, -0.2) is 0 Å². The molecule has 1 aromatic rings. The van der Waals surface area contributed by atoms with Crippen molar-refractivity contribution in [2.75, 3.05) is 7.11 Å². The molecule has 1 aromatic carbocycles. The van der Waals surface area contributed by atoms with Gasteiger partial charge < -0.3 is 9.84 Å². The maximum atomic E-state index is 11.0. The van der Waals surface area contributed by atoms with Crippen LogP contribution in [-0.2, 0) is 16.0 Å². The fraction of sp³-hybridized carbons (Fsp3) is 0.222. The molecule has 0 spiro atoms. The number of halogens is 2. The van der Waals surface area contributed by atoms with E-state index in [0.29, 0.717) is 0 Å². The first-order chi connectivity index (χ1) is 6.54. The Balaban J connectivity index is 2.95. The van der Waals surface area contributed by atoms with Gasteiger partial charge in [0.05, 0.1) is 20.7 Å². The Labute approximate surface area is 109 Å². The summed E-state index contributed by atoms with van der Waals surface area (Å²) in [6.07, 6.45) is 0.239. The first-order valence-electron chi connectivity index (χ1n) is 3.78. The van der Waals surface area contributed by atoms with E-state index in [4.69, 9.17) is 0 Å². The Morgan fingerprint density at radius 3 is 2.36 bits per heavy atom. The second-order valence-corrected chi connectivity index (χ2v) is 4.99. The Bertz CT molecular complexity index is 340. The zero-order valence-electron chi connectivity index (χ0n) is 7.38. The van der Waals surface area contributed by atoms with Gasteiger partial charge in [-0.05, 0) is 62.9 Å². The summed E-state index contributed by atoms with van der Waals surface area (Å²) in [5.74, 6) is -0.0119. The summed E-state index contributed by atoms with van der Waals surface area (Å²) in [4.78, 5) is 11.0. The molecule has 0 radical (unpaired) electrons. The summed E-state index contributed by atoms with van der Waals surface area (Å²) < 4.78 is 6.05. The standard InChI is InChI=1S/C9H8I2O3/c1-14-8(12)4-5-2-6(10)9(13)7(11)3-5/h2-3,13H,4H2,1H3. The van der Waals surface area contributed by atoms with E-state index in [1.54, 1.807) is 12.1 Å². The van der Waals surface area contributed by atoms with Crippen LogP contribution in [0.25, 0.3) is 0 Å². The van der Waals surface area contributed by atoms with Crippen LogP contribution in [0.5, 0.6) is 5.75 Å². The molecule has 1 rings (SSSR count). The fourth-order valence-corrected chi connectivity index (χ4v) is 2.86. The predicted molar refractivity (Wildman–Crippen MR) is 69.3 cm³/mol. The lowest BCUT2D eigenvalue weighted by Crippen LogP contribution is -2.04. The molecule has 5 heteroatoms. The molecular formula is C9H8I2O3. The van der Waals surface area contributed by atoms with Crippen molar-refractivity contribution in [3.05, 3.63) is 24.8 Å². The van der Waals surface area contributed by atoms with Crippen molar-refractivity contribution in [3.63, 3.8) is 0 Å². The zero-order chi connectivity index (χ0) is 10.7. The van der Waals surface area contributed by atoms with Gasteiger partial charge in [0, 0.05) is 0 Å². The van der Waals surface area contributed by atoms with E-state index < -0.39 is 0 Å². The van der Waals surface area contributed by atoms with Crippen LogP contribution in [0.15, 0.2) is 12.1 Å². The van der Waals surface area contributed by atoms with E-state index in [1.807, 2.05) is 45.2 Å². The Morgan fingerprint density at radius 2 is 1.93 bits per heavy atom. The van der Waals surface area contributed by atoms with Crippen LogP contribution in [-0.4, -0.2) is 18.2 Å². The number of phenolic OH excluding ortho intramolecular Hbond substituents is 1. The van der Waals surface area contributed by atoms with Gasteiger partial charge in [-0.1, -0.05) is 0 Å². The van der Waals surface area contributed by atoms with Crippen LogP contribution in [0.4, 0.5) is 0 Å². The third kappa shape index (κ3) is 2.97. The van der Waals surface area contributed by atoms with E-state index in [0.717, 1.165) is 12.7 Å². The van der Waals surface area contributed by atoms with Gasteiger partial charge in [0.1, 0.15) is 5.75 Å². The average Bonchev–Trinajstić information content (AvgIpc) is 2.14. The van der Waals surface area contributed by atoms with Crippen molar-refractivity contribution in [1.29, 1.82) is 0 Å². The van der Waals surface area contributed by atoms with Crippen LogP contribution in [0.3, 0.4) is 0 Å². The molecular weight excluding hydrogens is 410 g/mol. The lowest BCUT2D eigenvalue weighted by Gasteiger charge is -2.04. The van der Waals surface area contributed by atoms with E-state index in [1.165, 1.54) is 7.11 Å². The summed E-state index contributed by atoms with van der Waals surface area (Å²) in [5, 5.41) is 9.49. The Morgan fingerprint density at radius 1 is 1.43 bits per heavy atom. The highest BCUT2D eigenvalue weighted by atomic mass is 127. The number of esters is 1. The van der Waals surface area contributed by atoms with Gasteiger partial charge in [-0.15, -0.1) is 0 Å². The number of aromatic hydroxyl groups is 1. The van der Waals surface area contributed by atoms with Crippen molar-refractivity contribution in [2.24, 2.45) is 0 Å². The van der Waals surface area contributed by atoms with E-state index in [9.17, 15) is 9.90 Å². The maximum Gasteiger partial charge on any atom is 0.309 e. The van der Waals surface area contributed by atoms with E-state index >= 15 is 0 Å². The molecule has 0 aliphatic rings. The van der Waals surface area contributed by atoms with Gasteiger partial charge in [0.2, 0.25) is 0 Å². The smallest absolute Gasteiger partial charge is 0.309 e. The summed E-state index contributed by atoms with van der Waals surface area (Å²) in [6.45, 7) is 0. The molecule has 0 aliphatic carbocycles. The molecule has 3 nitrogen and oxygen atoms in total. The largest absolute Gasteiger partial charge is 0.506 e. The first kappa shape index (κ1) is 12.0. The minimum Gasteiger partial charge on any atom is -0.506 e. The molecule has 0 saturated heterocycles. The van der Waals surface area contributed by atoms with Gasteiger partial charge in [-0.3, -0.25) is 4.79 Å². The number of hydrogen-bond donors (Lipinski definition) is 1. The average molecular weight is 418 g/mol. The second kappa shape index (κ2) is 5.15. The molecule has 0 amide bonds. The number of rotatable bonds is 2. The van der Waals surface area contributed by atoms with Crippen LogP contribution in [0.1, 0.15) is 5.56 Å². The number of ether oxygens (including phenoxy) is 1. The lowest BCUT2D eigenvalue weighted by molar-refractivity contribution is -0.139. The topological polar surface area (TPSA) is 46.5 Å². The highest BCUT2D eigenvalue weighted by Crippen LogP contribution is 2.27. The lowest BCUT2D eigenvalue weighted by atomic mass is 10.1. The number of benzene rings is 1. The van der Waals surface area contributed by atoms with Gasteiger partial charge in [0.15, 0.2) is 0 Å². The van der Waals surface area contributed by atoms with Crippen LogP contribution < -0.4 is 0 Å². The van der Waals surface area contributed by atoms with E-state index in [-0.39, 0.29) is 18.1 Å². The van der Waals surface area contributed by atoms with Crippen molar-refractivity contribution in [3.8, 4) is 5.75 Å². The molecule has 0 aromatic heterocycles. The molecule has 0 heterocycles. The number of phenols is 1. The second-order valence-electron chi connectivity index (χ2n) is 2.66. The van der Waals surface area contributed by atoms with Gasteiger partial charge in [-0.2, -0.15) is 0 Å². The van der Waals surface area contributed by atoms with Crippen molar-refractivity contribution >= 4 is 51.2 Å². The van der Waals surface area contributed by atoms with Crippen molar-refractivity contribution in [2.45, 2.75) is 6.42 Å². The highest BCUT2D eigenvalue weighted by molar-refractivity contribution is 14.1. The first-order valence-corrected chi connectivity index (χ1v) is 5.94. The Kier molecular flexibility index (Phi) is 4.42.